The third-order valence-corrected chi connectivity index (χ3v) is 1.36. The number of benzene rings is 1. The number of anilines is 1. The van der Waals surface area contributed by atoms with Crippen LogP contribution in [0.15, 0.2) is 42.5 Å². The summed E-state index contributed by atoms with van der Waals surface area (Å²) in [5, 5.41) is 2.72. The van der Waals surface area contributed by atoms with Crippen LogP contribution in [0.1, 0.15) is 6.92 Å². The van der Waals surface area contributed by atoms with Gasteiger partial charge in [0.1, 0.15) is 0 Å². The predicted octanol–water partition coefficient (Wildman–Crippen LogP) is 2.20. The van der Waals surface area contributed by atoms with Gasteiger partial charge in [0, 0.05) is 5.69 Å². The van der Waals surface area contributed by atoms with Gasteiger partial charge in [-0.25, -0.2) is 0 Å². The zero-order valence-corrected chi connectivity index (χ0v) is 6.95. The lowest BCUT2D eigenvalue weighted by Crippen LogP contribution is -2.06. The number of allylic oxidation sites excluding steroid dienone is 1. The van der Waals surface area contributed by atoms with Crippen molar-refractivity contribution in [2.45, 2.75) is 6.92 Å². The molecule has 0 aliphatic heterocycles. The molecule has 0 bridgehead atoms. The lowest BCUT2D eigenvalue weighted by molar-refractivity contribution is -0.111. The van der Waals surface area contributed by atoms with Gasteiger partial charge in [0.25, 0.3) is 0 Å². The Kier molecular flexibility index (Phi) is 3.08. The van der Waals surface area contributed by atoms with Gasteiger partial charge in [-0.05, 0) is 25.1 Å². The summed E-state index contributed by atoms with van der Waals surface area (Å²) in [7, 11) is 0. The fourth-order valence-corrected chi connectivity index (χ4v) is 0.857. The number of para-hydroxylation sites is 1. The van der Waals surface area contributed by atoms with Crippen molar-refractivity contribution in [3.8, 4) is 0 Å². The Bertz CT molecular complexity index is 277. The molecule has 2 nitrogen and oxygen atoms in total. The van der Waals surface area contributed by atoms with Gasteiger partial charge in [0.2, 0.25) is 5.91 Å². The first-order valence-corrected chi connectivity index (χ1v) is 3.81. The Morgan fingerprint density at radius 1 is 1.33 bits per heavy atom. The monoisotopic (exact) mass is 161 g/mol. The van der Waals surface area contributed by atoms with E-state index in [-0.39, 0.29) is 5.91 Å². The maximum Gasteiger partial charge on any atom is 0.248 e. The number of rotatable bonds is 2. The van der Waals surface area contributed by atoms with Crippen LogP contribution in [0, 0.1) is 0 Å². The molecular formula is C10H11NO. The van der Waals surface area contributed by atoms with Gasteiger partial charge in [-0.15, -0.1) is 0 Å². The maximum atomic E-state index is 11.0. The second-order valence-electron chi connectivity index (χ2n) is 2.36. The molecule has 1 N–H and O–H groups in total. The number of hydrogen-bond acceptors (Lipinski definition) is 1. The summed E-state index contributed by atoms with van der Waals surface area (Å²) in [6.07, 6.45) is 3.20. The Balaban J connectivity index is 2.59. The molecule has 0 radical (unpaired) electrons. The normalized spacial score (nSPS) is 10.1. The molecule has 1 aromatic carbocycles. The first kappa shape index (κ1) is 8.53. The molecule has 0 unspecified atom stereocenters. The van der Waals surface area contributed by atoms with Gasteiger partial charge in [-0.1, -0.05) is 24.3 Å². The summed E-state index contributed by atoms with van der Waals surface area (Å²) >= 11 is 0. The Labute approximate surface area is 71.9 Å². The topological polar surface area (TPSA) is 29.1 Å². The van der Waals surface area contributed by atoms with Gasteiger partial charge in [-0.2, -0.15) is 0 Å². The van der Waals surface area contributed by atoms with Crippen molar-refractivity contribution >= 4 is 11.6 Å². The highest BCUT2D eigenvalue weighted by Crippen LogP contribution is 2.04. The maximum absolute atomic E-state index is 11.0. The summed E-state index contributed by atoms with van der Waals surface area (Å²) in [6, 6.07) is 9.37. The number of carbonyl (C=O) groups excluding carboxylic acids is 1. The van der Waals surface area contributed by atoms with Crippen LogP contribution in [0.2, 0.25) is 0 Å². The number of hydrogen-bond donors (Lipinski definition) is 1. The number of carbonyl (C=O) groups is 1. The molecule has 62 valence electrons. The van der Waals surface area contributed by atoms with Crippen molar-refractivity contribution in [2.75, 3.05) is 5.32 Å². The van der Waals surface area contributed by atoms with Crippen molar-refractivity contribution in [3.63, 3.8) is 0 Å². The third-order valence-electron chi connectivity index (χ3n) is 1.36. The molecule has 1 amide bonds. The van der Waals surface area contributed by atoms with Gasteiger partial charge in [0.15, 0.2) is 0 Å². The molecule has 0 aromatic heterocycles. The van der Waals surface area contributed by atoms with E-state index in [0.717, 1.165) is 5.69 Å². The molecule has 0 spiro atoms. The van der Waals surface area contributed by atoms with Crippen LogP contribution < -0.4 is 5.32 Å². The molecule has 1 aromatic rings. The molecule has 0 saturated heterocycles. The fraction of sp³-hybridized carbons (Fsp3) is 0.100. The molecule has 12 heavy (non-hydrogen) atoms. The van der Waals surface area contributed by atoms with Crippen molar-refractivity contribution < 1.29 is 4.79 Å². The van der Waals surface area contributed by atoms with E-state index in [9.17, 15) is 4.79 Å². The number of nitrogens with one attached hydrogen (secondary N) is 1. The smallest absolute Gasteiger partial charge is 0.248 e. The van der Waals surface area contributed by atoms with E-state index in [1.807, 2.05) is 37.3 Å². The molecule has 0 atom stereocenters. The predicted molar refractivity (Wildman–Crippen MR) is 49.9 cm³/mol. The minimum atomic E-state index is -0.0938. The third kappa shape index (κ3) is 2.58. The van der Waals surface area contributed by atoms with Crippen molar-refractivity contribution in [2.24, 2.45) is 0 Å². The second-order valence-corrected chi connectivity index (χ2v) is 2.36. The van der Waals surface area contributed by atoms with Crippen LogP contribution in [0.3, 0.4) is 0 Å². The average Bonchev–Trinajstić information content (AvgIpc) is 2.06. The van der Waals surface area contributed by atoms with E-state index in [0.29, 0.717) is 0 Å². The van der Waals surface area contributed by atoms with Crippen LogP contribution in [0.4, 0.5) is 5.69 Å². The average molecular weight is 161 g/mol. The summed E-state index contributed by atoms with van der Waals surface area (Å²) in [6.45, 7) is 1.81. The first-order chi connectivity index (χ1) is 5.83. The first-order valence-electron chi connectivity index (χ1n) is 3.81. The molecular weight excluding hydrogens is 150 g/mol. The molecule has 0 heterocycles. The molecule has 0 fully saturated rings. The highest BCUT2D eigenvalue weighted by molar-refractivity contribution is 5.99. The molecule has 1 rings (SSSR count). The lowest BCUT2D eigenvalue weighted by Gasteiger charge is -1.99. The number of amides is 1. The van der Waals surface area contributed by atoms with Gasteiger partial charge >= 0.3 is 0 Å². The van der Waals surface area contributed by atoms with E-state index < -0.39 is 0 Å². The van der Waals surface area contributed by atoms with Crippen molar-refractivity contribution in [1.29, 1.82) is 0 Å². The highest BCUT2D eigenvalue weighted by Gasteiger charge is 1.93. The zero-order chi connectivity index (χ0) is 8.81. The Morgan fingerprint density at radius 3 is 2.58 bits per heavy atom. The van der Waals surface area contributed by atoms with E-state index in [1.54, 1.807) is 6.08 Å². The quantitative estimate of drug-likeness (QED) is 0.662. The largest absolute Gasteiger partial charge is 0.323 e. The Morgan fingerprint density at radius 2 is 2.00 bits per heavy atom. The van der Waals surface area contributed by atoms with E-state index in [4.69, 9.17) is 0 Å². The van der Waals surface area contributed by atoms with Crippen LogP contribution in [-0.2, 0) is 4.79 Å². The molecule has 0 aliphatic carbocycles. The summed E-state index contributed by atoms with van der Waals surface area (Å²) in [5.74, 6) is -0.0938. The van der Waals surface area contributed by atoms with E-state index >= 15 is 0 Å². The Hall–Kier alpha value is -1.57. The van der Waals surface area contributed by atoms with Crippen molar-refractivity contribution in [1.82, 2.24) is 0 Å². The van der Waals surface area contributed by atoms with E-state index in [2.05, 4.69) is 5.32 Å². The summed E-state index contributed by atoms with van der Waals surface area (Å²) < 4.78 is 0. The standard InChI is InChI=1S/C10H11NO/c1-2-6-10(12)11-9-7-4-3-5-8-9/h2-8H,1H3,(H,11,12). The van der Waals surface area contributed by atoms with Crippen molar-refractivity contribution in [3.05, 3.63) is 42.5 Å². The lowest BCUT2D eigenvalue weighted by atomic mass is 10.3. The minimum absolute atomic E-state index is 0.0938. The van der Waals surface area contributed by atoms with Crippen LogP contribution in [-0.4, -0.2) is 5.91 Å². The minimum Gasteiger partial charge on any atom is -0.323 e. The zero-order valence-electron chi connectivity index (χ0n) is 6.95. The van der Waals surface area contributed by atoms with Gasteiger partial charge in [0.05, 0.1) is 0 Å². The SMILES string of the molecule is CC=CC(=O)Nc1ccccc1. The summed E-state index contributed by atoms with van der Waals surface area (Å²) in [4.78, 5) is 11.0. The van der Waals surface area contributed by atoms with Gasteiger partial charge < -0.3 is 5.32 Å². The summed E-state index contributed by atoms with van der Waals surface area (Å²) in [5.41, 5.74) is 0.820. The molecule has 0 saturated carbocycles. The van der Waals surface area contributed by atoms with Crippen LogP contribution >= 0.6 is 0 Å². The molecule has 0 aliphatic rings. The fourth-order valence-electron chi connectivity index (χ4n) is 0.857. The van der Waals surface area contributed by atoms with Gasteiger partial charge in [-0.3, -0.25) is 4.79 Å². The highest BCUT2D eigenvalue weighted by atomic mass is 16.1. The molecule has 2 heteroatoms. The second kappa shape index (κ2) is 4.34. The van der Waals surface area contributed by atoms with E-state index in [1.165, 1.54) is 6.08 Å². The van der Waals surface area contributed by atoms with Crippen LogP contribution in [0.25, 0.3) is 0 Å². The van der Waals surface area contributed by atoms with Crippen LogP contribution in [0.5, 0.6) is 0 Å².